The number of aromatic nitrogens is 2. The van der Waals surface area contributed by atoms with Crippen molar-refractivity contribution in [2.24, 2.45) is 0 Å². The minimum Gasteiger partial charge on any atom is -0.494 e. The highest BCUT2D eigenvalue weighted by atomic mass is 16.6. The molecule has 0 unspecified atom stereocenters. The molecule has 1 aromatic carbocycles. The molecule has 94 valence electrons. The third-order valence-corrected chi connectivity index (χ3v) is 2.56. The summed E-state index contributed by atoms with van der Waals surface area (Å²) in [6, 6.07) is 4.32. The summed E-state index contributed by atoms with van der Waals surface area (Å²) in [5.74, 6) is 0.780. The molecule has 0 spiro atoms. The molecular formula is C11H12N4O3. The molecule has 1 aromatic heterocycles. The maximum atomic E-state index is 10.7. The molecule has 0 aliphatic rings. The quantitative estimate of drug-likeness (QED) is 0.658. The first-order valence-corrected chi connectivity index (χ1v) is 5.17. The van der Waals surface area contributed by atoms with E-state index in [4.69, 9.17) is 10.5 Å². The highest BCUT2D eigenvalue weighted by Gasteiger charge is 2.14. The van der Waals surface area contributed by atoms with E-state index in [0.29, 0.717) is 17.3 Å². The molecule has 18 heavy (non-hydrogen) atoms. The van der Waals surface area contributed by atoms with Gasteiger partial charge in [0.1, 0.15) is 11.5 Å². The number of ether oxygens (including phenoxy) is 1. The van der Waals surface area contributed by atoms with Crippen molar-refractivity contribution in [3.05, 3.63) is 40.1 Å². The van der Waals surface area contributed by atoms with Crippen LogP contribution in [0.5, 0.6) is 5.75 Å². The summed E-state index contributed by atoms with van der Waals surface area (Å²) >= 11 is 0. The first-order valence-electron chi connectivity index (χ1n) is 5.17. The van der Waals surface area contributed by atoms with E-state index >= 15 is 0 Å². The summed E-state index contributed by atoms with van der Waals surface area (Å²) in [6.07, 6.45) is 1.74. The molecule has 0 bridgehead atoms. The number of nitrogens with two attached hydrogens (primary N) is 1. The summed E-state index contributed by atoms with van der Waals surface area (Å²) in [5.41, 5.74) is 7.06. The van der Waals surface area contributed by atoms with E-state index in [-0.39, 0.29) is 5.69 Å². The fourth-order valence-corrected chi connectivity index (χ4v) is 1.57. The highest BCUT2D eigenvalue weighted by molar-refractivity contribution is 5.54. The molecule has 0 amide bonds. The van der Waals surface area contributed by atoms with Crippen LogP contribution in [0.4, 0.5) is 11.5 Å². The van der Waals surface area contributed by atoms with Crippen molar-refractivity contribution >= 4 is 11.5 Å². The lowest BCUT2D eigenvalue weighted by atomic mass is 10.2. The monoisotopic (exact) mass is 248 g/mol. The number of nitrogen functional groups attached to an aromatic ring is 1. The zero-order valence-electron chi connectivity index (χ0n) is 9.95. The second kappa shape index (κ2) is 4.36. The minimum atomic E-state index is -0.477. The van der Waals surface area contributed by atoms with E-state index in [0.717, 1.165) is 5.56 Å². The van der Waals surface area contributed by atoms with Gasteiger partial charge in [-0.2, -0.15) is 5.10 Å². The molecule has 2 aromatic rings. The maximum Gasteiger partial charge on any atom is 0.273 e. The number of benzene rings is 1. The summed E-state index contributed by atoms with van der Waals surface area (Å²) < 4.78 is 6.67. The molecule has 2 N–H and O–H groups in total. The van der Waals surface area contributed by atoms with Gasteiger partial charge in [0.2, 0.25) is 0 Å². The number of nitrogens with zero attached hydrogens (tertiary/aromatic N) is 3. The number of rotatable bonds is 3. The normalized spacial score (nSPS) is 10.3. The topological polar surface area (TPSA) is 96.2 Å². The third-order valence-electron chi connectivity index (χ3n) is 2.56. The van der Waals surface area contributed by atoms with Crippen molar-refractivity contribution in [3.63, 3.8) is 0 Å². The summed E-state index contributed by atoms with van der Waals surface area (Å²) in [4.78, 5) is 10.2. The Morgan fingerprint density at radius 3 is 2.72 bits per heavy atom. The molecule has 2 rings (SSSR count). The molecule has 0 atom stereocenters. The van der Waals surface area contributed by atoms with Gasteiger partial charge in [0.25, 0.3) is 5.69 Å². The van der Waals surface area contributed by atoms with E-state index in [2.05, 4.69) is 5.10 Å². The van der Waals surface area contributed by atoms with Crippen molar-refractivity contribution in [2.75, 3.05) is 12.8 Å². The van der Waals surface area contributed by atoms with Crippen LogP contribution in [-0.2, 0) is 0 Å². The van der Waals surface area contributed by atoms with Crippen molar-refractivity contribution < 1.29 is 9.66 Å². The highest BCUT2D eigenvalue weighted by Crippen LogP contribution is 2.28. The van der Waals surface area contributed by atoms with Gasteiger partial charge in [-0.3, -0.25) is 10.1 Å². The largest absolute Gasteiger partial charge is 0.494 e. The number of nitro benzene ring substituents is 1. The molecule has 1 heterocycles. The Hall–Kier alpha value is -2.57. The molecule has 7 heteroatoms. The maximum absolute atomic E-state index is 10.7. The van der Waals surface area contributed by atoms with Gasteiger partial charge in [-0.05, 0) is 13.0 Å². The van der Waals surface area contributed by atoms with Gasteiger partial charge in [0.05, 0.1) is 18.1 Å². The molecular weight excluding hydrogens is 236 g/mol. The SMILES string of the molecule is COc1cc([N+](=O)[O-])ccc1-n1cc(C)c(N)n1. The van der Waals surface area contributed by atoms with Crippen LogP contribution < -0.4 is 10.5 Å². The Bertz CT molecular complexity index is 587. The molecule has 0 fully saturated rings. The van der Waals surface area contributed by atoms with Gasteiger partial charge in [0, 0.05) is 17.8 Å². The molecule has 0 aliphatic heterocycles. The Labute approximate surface area is 103 Å². The van der Waals surface area contributed by atoms with Crippen molar-refractivity contribution in [1.82, 2.24) is 9.78 Å². The average molecular weight is 248 g/mol. The fraction of sp³-hybridized carbons (Fsp3) is 0.182. The van der Waals surface area contributed by atoms with E-state index < -0.39 is 4.92 Å². The Kier molecular flexibility index (Phi) is 2.88. The number of aryl methyl sites for hydroxylation is 1. The predicted molar refractivity (Wildman–Crippen MR) is 65.9 cm³/mol. The molecule has 0 saturated heterocycles. The van der Waals surface area contributed by atoms with Gasteiger partial charge in [0.15, 0.2) is 5.75 Å². The van der Waals surface area contributed by atoms with Gasteiger partial charge in [-0.15, -0.1) is 0 Å². The van der Waals surface area contributed by atoms with Gasteiger partial charge < -0.3 is 10.5 Å². The number of methoxy groups -OCH3 is 1. The third kappa shape index (κ3) is 1.97. The minimum absolute atomic E-state index is 0.0348. The van der Waals surface area contributed by atoms with Crippen molar-refractivity contribution in [3.8, 4) is 11.4 Å². The molecule has 0 saturated carbocycles. The van der Waals surface area contributed by atoms with E-state index in [1.165, 1.54) is 23.9 Å². The first-order chi connectivity index (χ1) is 8.52. The van der Waals surface area contributed by atoms with Crippen LogP contribution in [0.3, 0.4) is 0 Å². The summed E-state index contributed by atoms with van der Waals surface area (Å²) in [6.45, 7) is 1.83. The average Bonchev–Trinajstić information content (AvgIpc) is 2.68. The van der Waals surface area contributed by atoms with Crippen LogP contribution >= 0.6 is 0 Å². The number of hydrogen-bond donors (Lipinski definition) is 1. The van der Waals surface area contributed by atoms with Crippen molar-refractivity contribution in [1.29, 1.82) is 0 Å². The predicted octanol–water partition coefficient (Wildman–Crippen LogP) is 1.68. The van der Waals surface area contributed by atoms with E-state index in [1.807, 2.05) is 6.92 Å². The van der Waals surface area contributed by atoms with E-state index in [9.17, 15) is 10.1 Å². The summed E-state index contributed by atoms with van der Waals surface area (Å²) in [7, 11) is 1.45. The summed E-state index contributed by atoms with van der Waals surface area (Å²) in [5, 5.41) is 14.8. The Morgan fingerprint density at radius 2 is 2.22 bits per heavy atom. The molecule has 0 radical (unpaired) electrons. The van der Waals surface area contributed by atoms with E-state index in [1.54, 1.807) is 12.3 Å². The number of nitro groups is 1. The molecule has 0 aliphatic carbocycles. The lowest BCUT2D eigenvalue weighted by Gasteiger charge is -2.07. The number of hydrogen-bond acceptors (Lipinski definition) is 5. The Balaban J connectivity index is 2.54. The standard InChI is InChI=1S/C11H12N4O3/c1-7-6-14(13-11(7)12)9-4-3-8(15(16)17)5-10(9)18-2/h3-6H,1-2H3,(H2,12,13). The van der Waals surface area contributed by atoms with Gasteiger partial charge in [-0.25, -0.2) is 4.68 Å². The fourth-order valence-electron chi connectivity index (χ4n) is 1.57. The van der Waals surface area contributed by atoms with Crippen LogP contribution in [0.25, 0.3) is 5.69 Å². The lowest BCUT2D eigenvalue weighted by Crippen LogP contribution is -2.00. The zero-order chi connectivity index (χ0) is 13.3. The Morgan fingerprint density at radius 1 is 1.50 bits per heavy atom. The van der Waals surface area contributed by atoms with Crippen LogP contribution in [-0.4, -0.2) is 21.8 Å². The van der Waals surface area contributed by atoms with Gasteiger partial charge >= 0.3 is 0 Å². The van der Waals surface area contributed by atoms with Crippen LogP contribution in [0.15, 0.2) is 24.4 Å². The second-order valence-electron chi connectivity index (χ2n) is 3.76. The van der Waals surface area contributed by atoms with Crippen LogP contribution in [0.2, 0.25) is 0 Å². The molecule has 7 nitrogen and oxygen atoms in total. The zero-order valence-corrected chi connectivity index (χ0v) is 9.95. The van der Waals surface area contributed by atoms with Crippen molar-refractivity contribution in [2.45, 2.75) is 6.92 Å². The second-order valence-corrected chi connectivity index (χ2v) is 3.76. The van der Waals surface area contributed by atoms with Gasteiger partial charge in [-0.1, -0.05) is 0 Å². The lowest BCUT2D eigenvalue weighted by molar-refractivity contribution is -0.384. The van der Waals surface area contributed by atoms with Crippen LogP contribution in [0.1, 0.15) is 5.56 Å². The number of non-ortho nitro benzene ring substituents is 1. The first kappa shape index (κ1) is 11.9. The number of anilines is 1. The smallest absolute Gasteiger partial charge is 0.273 e. The van der Waals surface area contributed by atoms with Crippen LogP contribution in [0, 0.1) is 17.0 Å².